The van der Waals surface area contributed by atoms with Gasteiger partial charge in [-0.25, -0.2) is 9.97 Å². The monoisotopic (exact) mass is 345 g/mol. The van der Waals surface area contributed by atoms with Crippen molar-refractivity contribution >= 4 is 39.1 Å². The van der Waals surface area contributed by atoms with Crippen LogP contribution in [0.3, 0.4) is 0 Å². The molecule has 0 radical (unpaired) electrons. The lowest BCUT2D eigenvalue weighted by Crippen LogP contribution is -2.45. The highest BCUT2D eigenvalue weighted by molar-refractivity contribution is 7.16. The number of amidine groups is 1. The number of aromatic nitrogens is 2. The third-order valence-corrected chi connectivity index (χ3v) is 5.24. The molecule has 0 aromatic carbocycles. The molecule has 7 nitrogen and oxygen atoms in total. The van der Waals surface area contributed by atoms with Crippen LogP contribution >= 0.6 is 11.3 Å². The SMILES string of the molecule is CC1CC(NC(=O)C2CCCN(c3ncnc4sccc34)C2)=NO1. The normalized spacial score (nSPS) is 23.9. The van der Waals surface area contributed by atoms with Crippen molar-refractivity contribution in [2.75, 3.05) is 18.0 Å². The second-order valence-corrected chi connectivity index (χ2v) is 7.16. The summed E-state index contributed by atoms with van der Waals surface area (Å²) in [6, 6.07) is 2.05. The second-order valence-electron chi connectivity index (χ2n) is 6.27. The number of hydrogen-bond acceptors (Lipinski definition) is 7. The Bertz CT molecular complexity index is 790. The highest BCUT2D eigenvalue weighted by Crippen LogP contribution is 2.30. The van der Waals surface area contributed by atoms with Gasteiger partial charge in [-0.3, -0.25) is 4.79 Å². The highest BCUT2D eigenvalue weighted by Gasteiger charge is 2.29. The van der Waals surface area contributed by atoms with Gasteiger partial charge in [0.15, 0.2) is 5.84 Å². The van der Waals surface area contributed by atoms with Crippen molar-refractivity contribution < 1.29 is 9.63 Å². The molecule has 0 aliphatic carbocycles. The summed E-state index contributed by atoms with van der Waals surface area (Å²) >= 11 is 1.61. The molecular formula is C16H19N5O2S. The van der Waals surface area contributed by atoms with Crippen LogP contribution < -0.4 is 10.2 Å². The maximum Gasteiger partial charge on any atom is 0.230 e. The Labute approximate surface area is 143 Å². The lowest BCUT2D eigenvalue weighted by Gasteiger charge is -2.33. The van der Waals surface area contributed by atoms with Gasteiger partial charge in [-0.05, 0) is 31.2 Å². The molecule has 2 unspecified atom stereocenters. The summed E-state index contributed by atoms with van der Waals surface area (Å²) in [5, 5.41) is 9.91. The van der Waals surface area contributed by atoms with E-state index in [1.165, 1.54) is 0 Å². The van der Waals surface area contributed by atoms with Gasteiger partial charge in [0.2, 0.25) is 5.91 Å². The Morgan fingerprint density at radius 1 is 1.46 bits per heavy atom. The average Bonchev–Trinajstić information content (AvgIpc) is 3.23. The molecule has 2 aliphatic rings. The van der Waals surface area contributed by atoms with E-state index in [2.05, 4.69) is 25.3 Å². The molecule has 2 aromatic rings. The number of oxime groups is 1. The largest absolute Gasteiger partial charge is 0.391 e. The number of hydrogen-bond donors (Lipinski definition) is 1. The van der Waals surface area contributed by atoms with E-state index in [1.807, 2.05) is 18.4 Å². The van der Waals surface area contributed by atoms with E-state index >= 15 is 0 Å². The van der Waals surface area contributed by atoms with Gasteiger partial charge in [0, 0.05) is 19.5 Å². The zero-order valence-corrected chi connectivity index (χ0v) is 14.3. The van der Waals surface area contributed by atoms with Crippen LogP contribution in [0.4, 0.5) is 5.82 Å². The number of fused-ring (bicyclic) bond motifs is 1. The van der Waals surface area contributed by atoms with Gasteiger partial charge in [-0.15, -0.1) is 11.3 Å². The maximum atomic E-state index is 12.5. The van der Waals surface area contributed by atoms with E-state index in [0.717, 1.165) is 35.4 Å². The number of rotatable bonds is 2. The van der Waals surface area contributed by atoms with Crippen LogP contribution in [0.1, 0.15) is 26.2 Å². The molecule has 8 heteroatoms. The number of amides is 1. The summed E-state index contributed by atoms with van der Waals surface area (Å²) in [5.74, 6) is 1.51. The molecule has 0 bridgehead atoms. The molecule has 0 saturated carbocycles. The van der Waals surface area contributed by atoms with Crippen molar-refractivity contribution in [2.24, 2.45) is 11.1 Å². The molecule has 4 heterocycles. The van der Waals surface area contributed by atoms with E-state index in [4.69, 9.17) is 4.84 Å². The molecule has 2 atom stereocenters. The fraction of sp³-hybridized carbons (Fsp3) is 0.500. The summed E-state index contributed by atoms with van der Waals surface area (Å²) in [7, 11) is 0. The molecule has 1 N–H and O–H groups in total. The van der Waals surface area contributed by atoms with Gasteiger partial charge >= 0.3 is 0 Å². The minimum absolute atomic E-state index is 0.0202. The lowest BCUT2D eigenvalue weighted by molar-refractivity contribution is -0.123. The van der Waals surface area contributed by atoms with E-state index in [-0.39, 0.29) is 17.9 Å². The number of piperidine rings is 1. The molecule has 126 valence electrons. The zero-order valence-electron chi connectivity index (χ0n) is 13.4. The molecule has 1 amide bonds. The number of nitrogens with one attached hydrogen (secondary N) is 1. The third-order valence-electron chi connectivity index (χ3n) is 4.42. The van der Waals surface area contributed by atoms with Gasteiger partial charge in [-0.1, -0.05) is 5.16 Å². The number of anilines is 1. The van der Waals surface area contributed by atoms with Crippen molar-refractivity contribution in [3.05, 3.63) is 17.8 Å². The van der Waals surface area contributed by atoms with Crippen LogP contribution in [-0.4, -0.2) is 40.9 Å². The highest BCUT2D eigenvalue weighted by atomic mass is 32.1. The van der Waals surface area contributed by atoms with Crippen LogP contribution in [0.2, 0.25) is 0 Å². The molecular weight excluding hydrogens is 326 g/mol. The lowest BCUT2D eigenvalue weighted by atomic mass is 9.97. The van der Waals surface area contributed by atoms with Crippen molar-refractivity contribution in [3.8, 4) is 0 Å². The Kier molecular flexibility index (Phi) is 4.05. The Balaban J connectivity index is 1.47. The van der Waals surface area contributed by atoms with Crippen LogP contribution in [-0.2, 0) is 9.63 Å². The van der Waals surface area contributed by atoms with Crippen LogP contribution in [0.15, 0.2) is 22.9 Å². The quantitative estimate of drug-likeness (QED) is 0.902. The number of nitrogens with zero attached hydrogens (tertiary/aromatic N) is 4. The van der Waals surface area contributed by atoms with E-state index in [0.29, 0.717) is 18.8 Å². The summed E-state index contributed by atoms with van der Waals surface area (Å²) in [6.45, 7) is 3.51. The minimum atomic E-state index is -0.0685. The van der Waals surface area contributed by atoms with E-state index in [9.17, 15) is 4.79 Å². The summed E-state index contributed by atoms with van der Waals surface area (Å²) in [6.07, 6.45) is 4.14. The Morgan fingerprint density at radius 3 is 3.21 bits per heavy atom. The van der Waals surface area contributed by atoms with E-state index < -0.39 is 0 Å². The maximum absolute atomic E-state index is 12.5. The smallest absolute Gasteiger partial charge is 0.230 e. The van der Waals surface area contributed by atoms with Crippen molar-refractivity contribution in [2.45, 2.75) is 32.3 Å². The predicted molar refractivity (Wildman–Crippen MR) is 93.1 cm³/mol. The van der Waals surface area contributed by atoms with Crippen molar-refractivity contribution in [1.82, 2.24) is 15.3 Å². The summed E-state index contributed by atoms with van der Waals surface area (Å²) in [4.78, 5) is 29.6. The molecule has 0 spiro atoms. The molecule has 2 aromatic heterocycles. The minimum Gasteiger partial charge on any atom is -0.391 e. The average molecular weight is 345 g/mol. The van der Waals surface area contributed by atoms with Gasteiger partial charge < -0.3 is 15.1 Å². The fourth-order valence-corrected chi connectivity index (χ4v) is 3.96. The molecule has 1 fully saturated rings. The zero-order chi connectivity index (χ0) is 16.5. The summed E-state index contributed by atoms with van der Waals surface area (Å²) in [5.41, 5.74) is 0. The van der Waals surface area contributed by atoms with Gasteiger partial charge in [0.05, 0.1) is 11.3 Å². The summed E-state index contributed by atoms with van der Waals surface area (Å²) < 4.78 is 0. The first-order valence-corrected chi connectivity index (χ1v) is 9.05. The molecule has 1 saturated heterocycles. The predicted octanol–water partition coefficient (Wildman–Crippen LogP) is 2.15. The second kappa shape index (κ2) is 6.35. The van der Waals surface area contributed by atoms with Crippen molar-refractivity contribution in [1.29, 1.82) is 0 Å². The van der Waals surface area contributed by atoms with Gasteiger partial charge in [0.1, 0.15) is 23.1 Å². The van der Waals surface area contributed by atoms with Crippen LogP contribution in [0, 0.1) is 5.92 Å². The van der Waals surface area contributed by atoms with Crippen LogP contribution in [0.25, 0.3) is 10.2 Å². The van der Waals surface area contributed by atoms with E-state index in [1.54, 1.807) is 17.7 Å². The standard InChI is InChI=1S/C16H19N5O2S/c1-10-7-13(20-23-10)19-15(22)11-3-2-5-21(8-11)14-12-4-6-24-16(12)18-9-17-14/h4,6,9-11H,2-3,5,7-8H2,1H3,(H,19,20,22). The number of thiophene rings is 1. The number of carbonyl (C=O) groups excluding carboxylic acids is 1. The fourth-order valence-electron chi connectivity index (χ4n) is 3.23. The first-order valence-electron chi connectivity index (χ1n) is 8.17. The Morgan fingerprint density at radius 2 is 2.38 bits per heavy atom. The number of carbonyl (C=O) groups is 1. The van der Waals surface area contributed by atoms with Crippen molar-refractivity contribution in [3.63, 3.8) is 0 Å². The van der Waals surface area contributed by atoms with Gasteiger partial charge in [0.25, 0.3) is 0 Å². The first-order chi connectivity index (χ1) is 11.7. The molecule has 24 heavy (non-hydrogen) atoms. The van der Waals surface area contributed by atoms with Gasteiger partial charge in [-0.2, -0.15) is 0 Å². The molecule has 4 rings (SSSR count). The van der Waals surface area contributed by atoms with Crippen LogP contribution in [0.5, 0.6) is 0 Å². The third kappa shape index (κ3) is 2.93. The first kappa shape index (κ1) is 15.3. The molecule has 2 aliphatic heterocycles. The Hall–Kier alpha value is -2.22. The topological polar surface area (TPSA) is 79.7 Å².